The van der Waals surface area contributed by atoms with E-state index in [1.807, 2.05) is 0 Å². The minimum atomic E-state index is -5.96. The number of rotatable bonds is 5. The van der Waals surface area contributed by atoms with Gasteiger partial charge in [-0.05, 0) is 30.0 Å². The van der Waals surface area contributed by atoms with E-state index in [2.05, 4.69) is 15.3 Å². The highest BCUT2D eigenvalue weighted by atomic mass is 19.4. The molecule has 0 saturated heterocycles. The molecule has 0 atom stereocenters. The summed E-state index contributed by atoms with van der Waals surface area (Å²) >= 11 is 0. The Morgan fingerprint density at radius 3 is 2.07 bits per heavy atom. The first-order chi connectivity index (χ1) is 13.8. The number of halogens is 6. The molecule has 1 heterocycles. The lowest BCUT2D eigenvalue weighted by Gasteiger charge is -2.32. The predicted molar refractivity (Wildman–Crippen MR) is 94.3 cm³/mol. The molecule has 1 aromatic carbocycles. The summed E-state index contributed by atoms with van der Waals surface area (Å²) in [6, 6.07) is 3.19. The number of hydrogen-bond acceptors (Lipinski definition) is 4. The van der Waals surface area contributed by atoms with Gasteiger partial charge >= 0.3 is 12.4 Å². The average Bonchev–Trinajstić information content (AvgIpc) is 2.65. The lowest BCUT2D eigenvalue weighted by Crippen LogP contribution is -2.53. The van der Waals surface area contributed by atoms with E-state index < -0.39 is 29.4 Å². The second kappa shape index (κ2) is 8.23. The quantitative estimate of drug-likeness (QED) is 0.544. The van der Waals surface area contributed by atoms with Crippen LogP contribution in [0.25, 0.3) is 11.1 Å². The Balaban J connectivity index is 2.56. The first kappa shape index (κ1) is 23.6. The van der Waals surface area contributed by atoms with Crippen molar-refractivity contribution in [2.24, 2.45) is 0 Å². The highest BCUT2D eigenvalue weighted by Gasteiger charge is 2.71. The summed E-state index contributed by atoms with van der Waals surface area (Å²) in [6.07, 6.45) is -10.2. The van der Waals surface area contributed by atoms with Crippen LogP contribution in [0.4, 0.5) is 26.3 Å². The van der Waals surface area contributed by atoms with Crippen molar-refractivity contribution in [2.75, 3.05) is 7.11 Å². The van der Waals surface area contributed by atoms with Gasteiger partial charge in [0.2, 0.25) is 0 Å². The SMILES string of the molecule is CCc1c(-c2ccc(C(O)(C(F)(F)F)C(F)(F)F)cc2)cnc(C(=O)NOC)c1C. The van der Waals surface area contributed by atoms with Crippen LogP contribution in [0.1, 0.15) is 34.1 Å². The van der Waals surface area contributed by atoms with Crippen molar-refractivity contribution in [1.29, 1.82) is 0 Å². The topological polar surface area (TPSA) is 71.5 Å². The number of nitrogens with one attached hydrogen (secondary N) is 1. The third kappa shape index (κ3) is 3.99. The summed E-state index contributed by atoms with van der Waals surface area (Å²) in [6.45, 7) is 3.38. The van der Waals surface area contributed by atoms with Crippen LogP contribution in [0.5, 0.6) is 0 Å². The minimum absolute atomic E-state index is 0.0672. The molecule has 0 aliphatic rings. The van der Waals surface area contributed by atoms with E-state index >= 15 is 0 Å². The van der Waals surface area contributed by atoms with E-state index in [-0.39, 0.29) is 11.3 Å². The summed E-state index contributed by atoms with van der Waals surface area (Å²) < 4.78 is 78.2. The van der Waals surface area contributed by atoms with Crippen molar-refractivity contribution in [3.63, 3.8) is 0 Å². The molecule has 0 bridgehead atoms. The number of benzene rings is 1. The Hall–Kier alpha value is -2.66. The van der Waals surface area contributed by atoms with Crippen molar-refractivity contribution in [3.05, 3.63) is 52.8 Å². The van der Waals surface area contributed by atoms with Crippen molar-refractivity contribution in [1.82, 2.24) is 10.5 Å². The molecule has 0 aliphatic carbocycles. The molecule has 5 nitrogen and oxygen atoms in total. The number of hydroxylamine groups is 1. The van der Waals surface area contributed by atoms with E-state index in [4.69, 9.17) is 0 Å². The van der Waals surface area contributed by atoms with Crippen LogP contribution >= 0.6 is 0 Å². The molecule has 1 aromatic heterocycles. The number of carbonyl (C=O) groups excluding carboxylic acids is 1. The van der Waals surface area contributed by atoms with Crippen LogP contribution in [0, 0.1) is 6.92 Å². The molecule has 164 valence electrons. The smallest absolute Gasteiger partial charge is 0.369 e. The number of aromatic nitrogens is 1. The van der Waals surface area contributed by atoms with E-state index in [0.717, 1.165) is 12.1 Å². The number of nitrogens with zero attached hydrogens (tertiary/aromatic N) is 1. The second-order valence-electron chi connectivity index (χ2n) is 6.40. The molecular formula is C19H18F6N2O3. The molecule has 1 amide bonds. The van der Waals surface area contributed by atoms with Crippen LogP contribution in [-0.4, -0.2) is 35.5 Å². The fraction of sp³-hybridized carbons (Fsp3) is 0.368. The van der Waals surface area contributed by atoms with E-state index in [1.165, 1.54) is 13.3 Å². The van der Waals surface area contributed by atoms with Gasteiger partial charge in [0, 0.05) is 17.3 Å². The van der Waals surface area contributed by atoms with Gasteiger partial charge in [-0.25, -0.2) is 5.48 Å². The lowest BCUT2D eigenvalue weighted by atomic mass is 9.89. The molecule has 0 radical (unpaired) electrons. The molecule has 0 spiro atoms. The Labute approximate surface area is 167 Å². The number of hydrogen-bond donors (Lipinski definition) is 2. The lowest BCUT2D eigenvalue weighted by molar-refractivity contribution is -0.376. The highest BCUT2D eigenvalue weighted by molar-refractivity contribution is 5.94. The highest BCUT2D eigenvalue weighted by Crippen LogP contribution is 2.50. The molecule has 0 saturated carbocycles. The van der Waals surface area contributed by atoms with Gasteiger partial charge in [-0.15, -0.1) is 0 Å². The van der Waals surface area contributed by atoms with Gasteiger partial charge in [-0.3, -0.25) is 14.6 Å². The van der Waals surface area contributed by atoms with Crippen LogP contribution in [-0.2, 0) is 16.9 Å². The normalized spacial score (nSPS) is 12.7. The van der Waals surface area contributed by atoms with Crippen molar-refractivity contribution < 1.29 is 41.1 Å². The van der Waals surface area contributed by atoms with E-state index in [1.54, 1.807) is 13.8 Å². The zero-order valence-electron chi connectivity index (χ0n) is 16.1. The van der Waals surface area contributed by atoms with Crippen molar-refractivity contribution >= 4 is 5.91 Å². The number of amides is 1. The van der Waals surface area contributed by atoms with Gasteiger partial charge in [0.25, 0.3) is 11.5 Å². The minimum Gasteiger partial charge on any atom is -0.369 e. The molecule has 2 aromatic rings. The van der Waals surface area contributed by atoms with Gasteiger partial charge < -0.3 is 5.11 Å². The zero-order valence-corrected chi connectivity index (χ0v) is 16.1. The largest absolute Gasteiger partial charge is 0.430 e. The van der Waals surface area contributed by atoms with Gasteiger partial charge in [-0.1, -0.05) is 31.2 Å². The third-order valence-electron chi connectivity index (χ3n) is 4.65. The maximum Gasteiger partial charge on any atom is 0.430 e. The van der Waals surface area contributed by atoms with E-state index in [0.29, 0.717) is 35.2 Å². The van der Waals surface area contributed by atoms with Crippen LogP contribution < -0.4 is 5.48 Å². The number of carbonyl (C=O) groups is 1. The molecular weight excluding hydrogens is 418 g/mol. The zero-order chi connectivity index (χ0) is 22.9. The third-order valence-corrected chi connectivity index (χ3v) is 4.65. The Morgan fingerprint density at radius 2 is 1.63 bits per heavy atom. The van der Waals surface area contributed by atoms with Crippen LogP contribution in [0.15, 0.2) is 30.5 Å². The molecule has 30 heavy (non-hydrogen) atoms. The molecule has 2 N–H and O–H groups in total. The standard InChI is InChI=1S/C19H18F6N2O3/c1-4-13-10(2)15(16(28)27-30-3)26-9-14(13)11-5-7-12(8-6-11)17(29,18(20,21)22)19(23,24)25/h5-9,29H,4H2,1-3H3,(H,27,28). The van der Waals surface area contributed by atoms with Gasteiger partial charge in [0.15, 0.2) is 0 Å². The maximum absolute atomic E-state index is 13.0. The first-order valence-electron chi connectivity index (χ1n) is 8.58. The van der Waals surface area contributed by atoms with Gasteiger partial charge in [0.05, 0.1) is 7.11 Å². The van der Waals surface area contributed by atoms with E-state index in [9.17, 15) is 36.2 Å². The molecule has 0 fully saturated rings. The monoisotopic (exact) mass is 436 g/mol. The summed E-state index contributed by atoms with van der Waals surface area (Å²) in [5.74, 6) is -0.605. The predicted octanol–water partition coefficient (Wildman–Crippen LogP) is 4.22. The second-order valence-corrected chi connectivity index (χ2v) is 6.40. The van der Waals surface area contributed by atoms with Gasteiger partial charge in [-0.2, -0.15) is 26.3 Å². The molecule has 11 heteroatoms. The first-order valence-corrected chi connectivity index (χ1v) is 8.58. The van der Waals surface area contributed by atoms with Crippen molar-refractivity contribution in [2.45, 2.75) is 38.2 Å². The molecule has 0 unspecified atom stereocenters. The fourth-order valence-corrected chi connectivity index (χ4v) is 3.10. The molecule has 0 aliphatic heterocycles. The van der Waals surface area contributed by atoms with Crippen molar-refractivity contribution in [3.8, 4) is 11.1 Å². The summed E-state index contributed by atoms with van der Waals surface area (Å²) in [7, 11) is 1.24. The van der Waals surface area contributed by atoms with Gasteiger partial charge in [0.1, 0.15) is 5.69 Å². The average molecular weight is 436 g/mol. The summed E-state index contributed by atoms with van der Waals surface area (Å²) in [5, 5.41) is 9.49. The summed E-state index contributed by atoms with van der Waals surface area (Å²) in [5.41, 5.74) is -2.35. The Bertz CT molecular complexity index is 910. The fourth-order valence-electron chi connectivity index (χ4n) is 3.10. The van der Waals surface area contributed by atoms with Crippen LogP contribution in [0.2, 0.25) is 0 Å². The number of pyridine rings is 1. The Kier molecular flexibility index (Phi) is 6.48. The van der Waals surface area contributed by atoms with Crippen LogP contribution in [0.3, 0.4) is 0 Å². The Morgan fingerprint density at radius 1 is 1.10 bits per heavy atom. The number of aliphatic hydroxyl groups is 1. The summed E-state index contributed by atoms with van der Waals surface area (Å²) in [4.78, 5) is 20.6. The molecule has 2 rings (SSSR count). The maximum atomic E-state index is 13.0. The number of alkyl halides is 6.